The molecule has 0 aromatic rings. The quantitative estimate of drug-likeness (QED) is 0.153. The van der Waals surface area contributed by atoms with Crippen molar-refractivity contribution in [1.82, 2.24) is 20.2 Å². The van der Waals surface area contributed by atoms with Crippen LogP contribution >= 0.6 is 12.0 Å². The molecule has 1 saturated heterocycles. The van der Waals surface area contributed by atoms with E-state index in [9.17, 15) is 0 Å². The molecule has 0 bridgehead atoms. The molecule has 0 amide bonds. The van der Waals surface area contributed by atoms with Gasteiger partial charge in [-0.3, -0.25) is 0 Å². The number of unbranched alkanes of at least 4 members (excludes halogenated alkanes) is 2. The van der Waals surface area contributed by atoms with Gasteiger partial charge in [-0.1, -0.05) is 32.6 Å². The van der Waals surface area contributed by atoms with Crippen LogP contribution in [-0.4, -0.2) is 80.1 Å². The maximum absolute atomic E-state index is 4.94. The first-order valence-electron chi connectivity index (χ1n) is 11.6. The van der Waals surface area contributed by atoms with Crippen LogP contribution < -0.4 is 5.48 Å². The van der Waals surface area contributed by atoms with Crippen molar-refractivity contribution >= 4 is 12.0 Å². The monoisotopic (exact) mass is 448 g/mol. The van der Waals surface area contributed by atoms with Gasteiger partial charge in [-0.2, -0.15) is 5.48 Å². The average molecular weight is 449 g/mol. The summed E-state index contributed by atoms with van der Waals surface area (Å²) < 4.78 is 4.89. The summed E-state index contributed by atoms with van der Waals surface area (Å²) in [6.45, 7) is 17.5. The highest BCUT2D eigenvalue weighted by Gasteiger charge is 2.15. The molecule has 0 aromatic carbocycles. The number of nitrogens with zero attached hydrogens (tertiary/aromatic N) is 3. The maximum Gasteiger partial charge on any atom is 0.124 e. The van der Waals surface area contributed by atoms with Crippen LogP contribution in [0.5, 0.6) is 0 Å². The zero-order valence-corrected chi connectivity index (χ0v) is 20.5. The van der Waals surface area contributed by atoms with E-state index in [4.69, 9.17) is 9.32 Å². The second-order valence-corrected chi connectivity index (χ2v) is 8.07. The zero-order valence-electron chi connectivity index (χ0n) is 19.7. The van der Waals surface area contributed by atoms with Crippen LogP contribution in [-0.2, 0) is 9.32 Å². The third kappa shape index (κ3) is 16.1. The Morgan fingerprint density at radius 2 is 1.26 bits per heavy atom. The Bertz CT molecular complexity index is 607. The summed E-state index contributed by atoms with van der Waals surface area (Å²) in [7, 11) is 0. The predicted molar refractivity (Wildman–Crippen MR) is 131 cm³/mol. The van der Waals surface area contributed by atoms with E-state index in [1.54, 1.807) is 6.92 Å². The fourth-order valence-corrected chi connectivity index (χ4v) is 3.47. The molecule has 174 valence electrons. The fourth-order valence-electron chi connectivity index (χ4n) is 3.26. The van der Waals surface area contributed by atoms with Crippen LogP contribution in [0.4, 0.5) is 0 Å². The number of hydrogen-bond donors (Lipinski definition) is 1. The van der Waals surface area contributed by atoms with Gasteiger partial charge in [0.1, 0.15) is 12.0 Å². The fraction of sp³-hybridized carbons (Fsp3) is 0.750. The average Bonchev–Trinajstić information content (AvgIpc) is 2.88. The normalized spacial score (nSPS) is 16.0. The van der Waals surface area contributed by atoms with E-state index in [0.29, 0.717) is 0 Å². The van der Waals surface area contributed by atoms with Crippen molar-refractivity contribution in [2.45, 2.75) is 52.9 Å². The maximum atomic E-state index is 4.94. The first-order valence-corrected chi connectivity index (χ1v) is 12.3. The highest BCUT2D eigenvalue weighted by atomic mass is 32.2. The second-order valence-electron chi connectivity index (χ2n) is 7.57. The largest absolute Gasteiger partial charge is 0.301 e. The van der Waals surface area contributed by atoms with Crippen LogP contribution in [0, 0.1) is 34.9 Å². The molecule has 0 saturated carbocycles. The highest BCUT2D eigenvalue weighted by molar-refractivity contribution is 7.99. The second kappa shape index (κ2) is 20.7. The Morgan fingerprint density at radius 1 is 0.742 bits per heavy atom. The summed E-state index contributed by atoms with van der Waals surface area (Å²) in [5, 5.41) is 2.66. The minimum atomic E-state index is 0.732. The predicted octanol–water partition coefficient (Wildman–Crippen LogP) is 2.98. The molecule has 0 atom stereocenters. The minimum absolute atomic E-state index is 0.732. The van der Waals surface area contributed by atoms with Gasteiger partial charge in [0.2, 0.25) is 0 Å². The minimum Gasteiger partial charge on any atom is -0.301 e. The van der Waals surface area contributed by atoms with E-state index < -0.39 is 0 Å². The molecule has 1 N–H and O–H groups in total. The molecule has 1 rings (SSSR count). The standard InChI is InChI=1S/C24H40N4O2S/c1-4-7-10-11-12-24-31-30-29-25-14-13-17-28-22-20-26(15-8-5-2)18-19-27(21-23-28)16-9-6-3/h25H,5-6,8-9,13-23H2,1-3H3. The molecule has 1 fully saturated rings. The smallest absolute Gasteiger partial charge is 0.124 e. The van der Waals surface area contributed by atoms with E-state index in [0.717, 1.165) is 57.7 Å². The summed E-state index contributed by atoms with van der Waals surface area (Å²) in [6.07, 6.45) is 6.11. The summed E-state index contributed by atoms with van der Waals surface area (Å²) in [6, 6.07) is 0. The molecular weight excluding hydrogens is 408 g/mol. The van der Waals surface area contributed by atoms with Gasteiger partial charge in [0, 0.05) is 57.0 Å². The molecule has 0 aromatic heterocycles. The number of hydrogen-bond acceptors (Lipinski definition) is 7. The number of hydroxylamine groups is 1. The lowest BCUT2D eigenvalue weighted by Crippen LogP contribution is -2.37. The van der Waals surface area contributed by atoms with Crippen molar-refractivity contribution in [3.8, 4) is 34.9 Å². The van der Waals surface area contributed by atoms with Crippen molar-refractivity contribution in [3.63, 3.8) is 0 Å². The lowest BCUT2D eigenvalue weighted by atomic mass is 10.3. The Labute approximate surface area is 194 Å². The van der Waals surface area contributed by atoms with E-state index >= 15 is 0 Å². The topological polar surface area (TPSA) is 40.2 Å². The number of rotatable bonds is 13. The van der Waals surface area contributed by atoms with Gasteiger partial charge in [-0.05, 0) is 63.6 Å². The van der Waals surface area contributed by atoms with E-state index in [2.05, 4.69) is 68.9 Å². The van der Waals surface area contributed by atoms with Crippen LogP contribution in [0.25, 0.3) is 0 Å². The van der Waals surface area contributed by atoms with Gasteiger partial charge >= 0.3 is 0 Å². The third-order valence-electron chi connectivity index (χ3n) is 5.14. The summed E-state index contributed by atoms with van der Waals surface area (Å²) in [5.41, 5.74) is 2.83. The van der Waals surface area contributed by atoms with Gasteiger partial charge in [0.15, 0.2) is 0 Å². The first kappa shape index (κ1) is 27.8. The summed E-state index contributed by atoms with van der Waals surface area (Å²) in [5.74, 6) is 13.1. The lowest BCUT2D eigenvalue weighted by Gasteiger charge is -2.25. The molecule has 6 nitrogen and oxygen atoms in total. The van der Waals surface area contributed by atoms with Crippen LogP contribution in [0.15, 0.2) is 0 Å². The van der Waals surface area contributed by atoms with Gasteiger partial charge in [0.25, 0.3) is 0 Å². The molecular formula is C24H40N4O2S. The summed E-state index contributed by atoms with van der Waals surface area (Å²) in [4.78, 5) is 12.8. The van der Waals surface area contributed by atoms with Gasteiger partial charge < -0.3 is 14.7 Å². The van der Waals surface area contributed by atoms with Crippen molar-refractivity contribution < 1.29 is 9.32 Å². The molecule has 1 heterocycles. The van der Waals surface area contributed by atoms with Gasteiger partial charge in [-0.25, -0.2) is 0 Å². The van der Waals surface area contributed by atoms with E-state index in [1.165, 1.54) is 51.9 Å². The Hall–Kier alpha value is -1.21. The molecule has 0 unspecified atom stereocenters. The van der Waals surface area contributed by atoms with E-state index in [-0.39, 0.29) is 0 Å². The van der Waals surface area contributed by atoms with Crippen LogP contribution in [0.3, 0.4) is 0 Å². The Morgan fingerprint density at radius 3 is 1.77 bits per heavy atom. The third-order valence-corrected chi connectivity index (χ3v) is 5.46. The molecule has 0 radical (unpaired) electrons. The number of nitrogens with one attached hydrogen (secondary N) is 1. The van der Waals surface area contributed by atoms with Crippen molar-refractivity contribution in [2.75, 3.05) is 65.4 Å². The van der Waals surface area contributed by atoms with Crippen LogP contribution in [0.2, 0.25) is 0 Å². The van der Waals surface area contributed by atoms with E-state index in [1.807, 2.05) is 0 Å². The summed E-state index contributed by atoms with van der Waals surface area (Å²) >= 11 is 0.900. The van der Waals surface area contributed by atoms with Crippen molar-refractivity contribution in [3.05, 3.63) is 0 Å². The molecule has 0 spiro atoms. The SMILES string of the molecule is CC#CC#CC#CSOONCCCN1CCN(CCCC)CCN(CCCC)CC1. The molecule has 1 aliphatic heterocycles. The zero-order chi connectivity index (χ0) is 22.4. The highest BCUT2D eigenvalue weighted by Crippen LogP contribution is 2.05. The van der Waals surface area contributed by atoms with Crippen LogP contribution in [0.1, 0.15) is 52.9 Å². The van der Waals surface area contributed by atoms with Crippen molar-refractivity contribution in [1.29, 1.82) is 0 Å². The van der Waals surface area contributed by atoms with Gasteiger partial charge in [0.05, 0.1) is 0 Å². The van der Waals surface area contributed by atoms with Gasteiger partial charge in [-0.15, -0.1) is 9.32 Å². The first-order chi connectivity index (χ1) is 15.3. The lowest BCUT2D eigenvalue weighted by molar-refractivity contribution is -0.243. The molecule has 31 heavy (non-hydrogen) atoms. The molecule has 0 aliphatic carbocycles. The molecule has 1 aliphatic rings. The Kier molecular flexibility index (Phi) is 18.6. The Balaban J connectivity index is 2.27. The van der Waals surface area contributed by atoms with Crippen molar-refractivity contribution in [2.24, 2.45) is 0 Å². The molecule has 7 heteroatoms.